The summed E-state index contributed by atoms with van der Waals surface area (Å²) in [7, 11) is 0. The van der Waals surface area contributed by atoms with Crippen molar-refractivity contribution in [3.05, 3.63) is 16.9 Å². The lowest BCUT2D eigenvalue weighted by molar-refractivity contribution is -0.117. The Kier molecular flexibility index (Phi) is 3.95. The molecular weight excluding hydrogens is 294 g/mol. The van der Waals surface area contributed by atoms with Crippen molar-refractivity contribution in [3.8, 4) is 0 Å². The van der Waals surface area contributed by atoms with Gasteiger partial charge in [0.1, 0.15) is 0 Å². The van der Waals surface area contributed by atoms with Crippen molar-refractivity contribution in [3.63, 3.8) is 0 Å². The van der Waals surface area contributed by atoms with Crippen molar-refractivity contribution in [2.24, 2.45) is 0 Å². The molecule has 0 aliphatic carbocycles. The first-order valence-electron chi connectivity index (χ1n) is 4.13. The van der Waals surface area contributed by atoms with Crippen LogP contribution in [0.1, 0.15) is 0 Å². The molecule has 0 aliphatic rings. The summed E-state index contributed by atoms with van der Waals surface area (Å²) in [5, 5.41) is 2.16. The number of nitrogens with zero attached hydrogens (tertiary/aromatic N) is 1. The van der Waals surface area contributed by atoms with Gasteiger partial charge in [-0.2, -0.15) is 8.78 Å². The molecule has 0 aliphatic heterocycles. The van der Waals surface area contributed by atoms with E-state index < -0.39 is 18.9 Å². The molecule has 3 nitrogen and oxygen atoms in total. The zero-order valence-electron chi connectivity index (χ0n) is 7.85. The fourth-order valence-corrected chi connectivity index (χ4v) is 1.41. The largest absolute Gasteiger partial charge is 0.396 e. The number of nitrogen functional groups attached to an aromatic ring is 1. The van der Waals surface area contributed by atoms with Crippen LogP contribution in [-0.2, 0) is 0 Å². The van der Waals surface area contributed by atoms with E-state index in [9.17, 15) is 17.6 Å². The zero-order chi connectivity index (χ0) is 12.3. The summed E-state index contributed by atoms with van der Waals surface area (Å²) >= 11 is 3.01. The van der Waals surface area contributed by atoms with Crippen LogP contribution in [0, 0.1) is 0 Å². The Morgan fingerprint density at radius 1 is 1.44 bits per heavy atom. The van der Waals surface area contributed by atoms with Crippen molar-refractivity contribution in [2.75, 3.05) is 17.6 Å². The van der Waals surface area contributed by atoms with E-state index in [0.29, 0.717) is 4.47 Å². The highest BCUT2D eigenvalue weighted by atomic mass is 79.9. The Labute approximate surface area is 97.2 Å². The van der Waals surface area contributed by atoms with E-state index in [1.54, 1.807) is 0 Å². The summed E-state index contributed by atoms with van der Waals surface area (Å²) in [6.07, 6.45) is -1.17. The van der Waals surface area contributed by atoms with Crippen molar-refractivity contribution >= 4 is 27.3 Å². The number of pyridine rings is 1. The van der Waals surface area contributed by atoms with Crippen LogP contribution < -0.4 is 11.1 Å². The average molecular weight is 302 g/mol. The molecule has 90 valence electrons. The predicted molar refractivity (Wildman–Crippen MR) is 55.8 cm³/mol. The van der Waals surface area contributed by atoms with Gasteiger partial charge in [0.2, 0.25) is 0 Å². The number of anilines is 2. The summed E-state index contributed by atoms with van der Waals surface area (Å²) in [4.78, 5) is 3.68. The Balaban J connectivity index is 2.75. The molecule has 1 heterocycles. The monoisotopic (exact) mass is 301 g/mol. The topological polar surface area (TPSA) is 50.9 Å². The number of rotatable bonds is 4. The van der Waals surface area contributed by atoms with Crippen molar-refractivity contribution in [1.29, 1.82) is 0 Å². The molecule has 0 radical (unpaired) electrons. The van der Waals surface area contributed by atoms with Gasteiger partial charge in [-0.25, -0.2) is 8.78 Å². The number of alkyl halides is 4. The minimum absolute atomic E-state index is 0.0967. The van der Waals surface area contributed by atoms with Crippen LogP contribution in [0.2, 0.25) is 0 Å². The molecule has 1 rings (SSSR count). The molecule has 0 fully saturated rings. The van der Waals surface area contributed by atoms with Gasteiger partial charge in [-0.05, 0) is 15.9 Å². The van der Waals surface area contributed by atoms with Gasteiger partial charge >= 0.3 is 12.3 Å². The molecule has 3 N–H and O–H groups in total. The summed E-state index contributed by atoms with van der Waals surface area (Å²) in [5.74, 6) is -4.10. The van der Waals surface area contributed by atoms with Gasteiger partial charge in [0, 0.05) is 6.20 Å². The van der Waals surface area contributed by atoms with Crippen LogP contribution in [0.15, 0.2) is 16.9 Å². The molecule has 1 aromatic rings. The Morgan fingerprint density at radius 2 is 2.06 bits per heavy atom. The van der Waals surface area contributed by atoms with Gasteiger partial charge in [-0.3, -0.25) is 4.98 Å². The fraction of sp³-hybridized carbons (Fsp3) is 0.375. The molecule has 0 unspecified atom stereocenters. The van der Waals surface area contributed by atoms with Gasteiger partial charge < -0.3 is 11.1 Å². The maximum Gasteiger partial charge on any atom is 0.324 e. The molecule has 0 aromatic carbocycles. The number of halogens is 5. The second-order valence-electron chi connectivity index (χ2n) is 3.00. The van der Waals surface area contributed by atoms with Gasteiger partial charge in [0.15, 0.2) is 0 Å². The van der Waals surface area contributed by atoms with Crippen LogP contribution in [0.5, 0.6) is 0 Å². The SMILES string of the molecule is Nc1cncc(Br)c1NCC(F)(F)C(F)F. The Bertz CT molecular complexity index is 352. The quantitative estimate of drug-likeness (QED) is 0.841. The van der Waals surface area contributed by atoms with Crippen molar-refractivity contribution in [1.82, 2.24) is 4.98 Å². The van der Waals surface area contributed by atoms with E-state index in [4.69, 9.17) is 5.73 Å². The van der Waals surface area contributed by atoms with Crippen LogP contribution in [0.25, 0.3) is 0 Å². The molecule has 0 saturated carbocycles. The fourth-order valence-electron chi connectivity index (χ4n) is 0.920. The molecular formula is C8H8BrF4N3. The lowest BCUT2D eigenvalue weighted by Crippen LogP contribution is -2.35. The third-order valence-corrected chi connectivity index (χ3v) is 2.35. The van der Waals surface area contributed by atoms with E-state index in [0.717, 1.165) is 0 Å². The highest BCUT2D eigenvalue weighted by molar-refractivity contribution is 9.10. The minimum atomic E-state index is -4.10. The molecule has 0 amide bonds. The van der Waals surface area contributed by atoms with Crippen molar-refractivity contribution < 1.29 is 17.6 Å². The average Bonchev–Trinajstić information content (AvgIpc) is 2.16. The molecule has 8 heteroatoms. The third kappa shape index (κ3) is 2.97. The molecule has 0 saturated heterocycles. The standard InChI is InChI=1S/C8H8BrF4N3/c9-4-1-15-2-5(14)6(4)16-3-8(12,13)7(10)11/h1-2,7H,3,14H2,(H,15,16). The van der Waals surface area contributed by atoms with Gasteiger partial charge in [0.25, 0.3) is 0 Å². The van der Waals surface area contributed by atoms with Crippen LogP contribution >= 0.6 is 15.9 Å². The van der Waals surface area contributed by atoms with Gasteiger partial charge in [-0.1, -0.05) is 0 Å². The van der Waals surface area contributed by atoms with E-state index in [1.807, 2.05) is 0 Å². The van der Waals surface area contributed by atoms with E-state index in [2.05, 4.69) is 26.2 Å². The second kappa shape index (κ2) is 4.86. The molecule has 1 aromatic heterocycles. The number of nitrogens with one attached hydrogen (secondary N) is 1. The smallest absolute Gasteiger partial charge is 0.324 e. The van der Waals surface area contributed by atoms with Crippen LogP contribution in [-0.4, -0.2) is 23.9 Å². The Morgan fingerprint density at radius 3 is 2.56 bits per heavy atom. The molecule has 0 spiro atoms. The maximum atomic E-state index is 12.6. The normalized spacial score (nSPS) is 11.9. The second-order valence-corrected chi connectivity index (χ2v) is 3.86. The summed E-state index contributed by atoms with van der Waals surface area (Å²) in [5.41, 5.74) is 5.66. The van der Waals surface area contributed by atoms with Crippen LogP contribution in [0.4, 0.5) is 28.9 Å². The molecule has 16 heavy (non-hydrogen) atoms. The van der Waals surface area contributed by atoms with E-state index in [1.165, 1.54) is 12.4 Å². The summed E-state index contributed by atoms with van der Waals surface area (Å²) in [6.45, 7) is -1.20. The van der Waals surface area contributed by atoms with Crippen LogP contribution in [0.3, 0.4) is 0 Å². The maximum absolute atomic E-state index is 12.6. The Hall–Kier alpha value is -1.05. The van der Waals surface area contributed by atoms with E-state index >= 15 is 0 Å². The highest BCUT2D eigenvalue weighted by Gasteiger charge is 2.40. The third-order valence-electron chi connectivity index (χ3n) is 1.75. The summed E-state index contributed by atoms with van der Waals surface area (Å²) in [6, 6.07) is 0. The first-order chi connectivity index (χ1) is 7.34. The lowest BCUT2D eigenvalue weighted by Gasteiger charge is -2.17. The minimum Gasteiger partial charge on any atom is -0.396 e. The lowest BCUT2D eigenvalue weighted by atomic mass is 10.3. The molecule has 0 bridgehead atoms. The number of hydrogen-bond acceptors (Lipinski definition) is 3. The number of nitrogens with two attached hydrogens (primary N) is 1. The van der Waals surface area contributed by atoms with Crippen molar-refractivity contribution in [2.45, 2.75) is 12.3 Å². The van der Waals surface area contributed by atoms with E-state index in [-0.39, 0.29) is 11.4 Å². The number of aromatic nitrogens is 1. The predicted octanol–water partition coefficient (Wildman–Crippen LogP) is 2.74. The zero-order valence-corrected chi connectivity index (χ0v) is 9.44. The van der Waals surface area contributed by atoms with Gasteiger partial charge in [0.05, 0.1) is 28.6 Å². The summed E-state index contributed by atoms with van der Waals surface area (Å²) < 4.78 is 49.3. The number of hydrogen-bond donors (Lipinski definition) is 2. The first-order valence-corrected chi connectivity index (χ1v) is 4.92. The van der Waals surface area contributed by atoms with Gasteiger partial charge in [-0.15, -0.1) is 0 Å². The highest BCUT2D eigenvalue weighted by Crippen LogP contribution is 2.29. The molecule has 0 atom stereocenters. The first kappa shape index (κ1) is 13.0.